The number of hydrogen-bond acceptors (Lipinski definition) is 14. The molecule has 10 N–H and O–H groups in total. The summed E-state index contributed by atoms with van der Waals surface area (Å²) in [5.74, 6) is -0.0991. The first-order valence-electron chi connectivity index (χ1n) is 21.0. The molecule has 6 aliphatic rings. The summed E-state index contributed by atoms with van der Waals surface area (Å²) in [5, 5.41) is 107. The third-order valence-corrected chi connectivity index (χ3v) is 17.0. The van der Waals surface area contributed by atoms with E-state index in [1.807, 2.05) is 6.92 Å². The van der Waals surface area contributed by atoms with E-state index in [9.17, 15) is 51.1 Å². The lowest BCUT2D eigenvalue weighted by Crippen LogP contribution is -2.67. The Morgan fingerprint density at radius 2 is 1.30 bits per heavy atom. The van der Waals surface area contributed by atoms with Crippen molar-refractivity contribution in [3.63, 3.8) is 0 Å². The third kappa shape index (κ3) is 7.06. The summed E-state index contributed by atoms with van der Waals surface area (Å²) in [5.41, 5.74) is -1.53. The first-order chi connectivity index (χ1) is 26.0. The molecule has 56 heavy (non-hydrogen) atoms. The lowest BCUT2D eigenvalue weighted by Gasteiger charge is -2.71. The number of hydrogen-bond donors (Lipinski definition) is 10. The topological polar surface area (TPSA) is 239 Å². The van der Waals surface area contributed by atoms with Crippen LogP contribution < -0.4 is 0 Å². The minimum absolute atomic E-state index is 0.152. The zero-order chi connectivity index (χ0) is 41.5. The van der Waals surface area contributed by atoms with Gasteiger partial charge in [0.05, 0.1) is 37.1 Å². The molecule has 0 aromatic carbocycles. The number of ether oxygens (including phenoxy) is 4. The molecule has 2 heterocycles. The van der Waals surface area contributed by atoms with Crippen LogP contribution in [0.2, 0.25) is 0 Å². The predicted octanol–water partition coefficient (Wildman–Crippen LogP) is 1.12. The van der Waals surface area contributed by atoms with Crippen molar-refractivity contribution in [2.45, 2.75) is 192 Å². The van der Waals surface area contributed by atoms with Crippen molar-refractivity contribution in [2.24, 2.45) is 45.3 Å². The van der Waals surface area contributed by atoms with Crippen LogP contribution in [0.3, 0.4) is 0 Å². The smallest absolute Gasteiger partial charge is 0.187 e. The molecule has 0 amide bonds. The average molecular weight is 801 g/mol. The maximum Gasteiger partial charge on any atom is 0.187 e. The minimum atomic E-state index is -1.61. The summed E-state index contributed by atoms with van der Waals surface area (Å²) in [4.78, 5) is 0. The van der Waals surface area contributed by atoms with Gasteiger partial charge in [0.25, 0.3) is 0 Å². The van der Waals surface area contributed by atoms with Crippen LogP contribution in [0.1, 0.15) is 106 Å². The number of aliphatic hydroxyl groups excluding tert-OH is 10. The minimum Gasteiger partial charge on any atom is -0.394 e. The Morgan fingerprint density at radius 3 is 1.88 bits per heavy atom. The van der Waals surface area contributed by atoms with Gasteiger partial charge in [0.2, 0.25) is 0 Å². The molecule has 6 rings (SSSR count). The molecule has 0 radical (unpaired) electrons. The van der Waals surface area contributed by atoms with Crippen molar-refractivity contribution < 1.29 is 70.0 Å². The zero-order valence-electron chi connectivity index (χ0n) is 34.4. The quantitative estimate of drug-likeness (QED) is 0.104. The van der Waals surface area contributed by atoms with Gasteiger partial charge in [-0.05, 0) is 117 Å². The summed E-state index contributed by atoms with van der Waals surface area (Å²) in [6.07, 6.45) is -9.84. The van der Waals surface area contributed by atoms with E-state index in [0.29, 0.717) is 37.7 Å². The van der Waals surface area contributed by atoms with Crippen LogP contribution in [0.4, 0.5) is 0 Å². The van der Waals surface area contributed by atoms with Crippen molar-refractivity contribution >= 4 is 0 Å². The van der Waals surface area contributed by atoms with Gasteiger partial charge in [0, 0.05) is 0 Å². The van der Waals surface area contributed by atoms with Crippen molar-refractivity contribution in [3.8, 4) is 0 Å². The van der Waals surface area contributed by atoms with Gasteiger partial charge >= 0.3 is 0 Å². The van der Waals surface area contributed by atoms with Gasteiger partial charge < -0.3 is 70.0 Å². The average Bonchev–Trinajstić information content (AvgIpc) is 3.53. The molecule has 21 atom stereocenters. The first kappa shape index (κ1) is 44.7. The van der Waals surface area contributed by atoms with Crippen LogP contribution in [-0.4, -0.2) is 150 Å². The molecule has 6 fully saturated rings. The maximum absolute atomic E-state index is 12.5. The van der Waals surface area contributed by atoms with Gasteiger partial charge in [0.1, 0.15) is 48.8 Å². The standard InChI is InChI=1S/C42H72O14/c1-20(2)22(45)10-16-42(8,56-37-35(52)33(50)31(48)25(19-44)54-37)21-9-14-41(7)29(21)23(46)17-27-39(5)13-12-28(38(3,4)26(39)11-15-40(27,41)6)55-36-34(51)32(49)30(47)24(18-43)53-36/h21-37,43-52H,1,9-19H2,2-8H3/t21-,22+,23+,24+,25+,26-,27+,28-,29-,30+,31+,32-,33-,34+,35+,36-,37-,39-,40+,41+,42-/m0/s1. The van der Waals surface area contributed by atoms with E-state index < -0.39 is 97.8 Å². The molecule has 14 nitrogen and oxygen atoms in total. The van der Waals surface area contributed by atoms with E-state index in [4.69, 9.17) is 18.9 Å². The van der Waals surface area contributed by atoms with Crippen LogP contribution in [0, 0.1) is 45.3 Å². The zero-order valence-corrected chi connectivity index (χ0v) is 34.4. The highest BCUT2D eigenvalue weighted by atomic mass is 16.7. The second kappa shape index (κ2) is 15.9. The lowest BCUT2D eigenvalue weighted by atomic mass is 9.35. The Bertz CT molecular complexity index is 1390. The highest BCUT2D eigenvalue weighted by Crippen LogP contribution is 2.76. The van der Waals surface area contributed by atoms with E-state index in [1.165, 1.54) is 0 Å². The molecule has 4 saturated carbocycles. The molecular weight excluding hydrogens is 728 g/mol. The molecule has 0 aromatic rings. The molecule has 0 aromatic heterocycles. The lowest BCUT2D eigenvalue weighted by molar-refractivity contribution is -0.338. The highest BCUT2D eigenvalue weighted by Gasteiger charge is 2.72. The predicted molar refractivity (Wildman–Crippen MR) is 202 cm³/mol. The molecule has 0 spiro atoms. The van der Waals surface area contributed by atoms with E-state index in [-0.39, 0.29) is 46.0 Å². The maximum atomic E-state index is 12.5. The number of aliphatic hydroxyl groups is 10. The fraction of sp³-hybridized carbons (Fsp3) is 0.952. The van der Waals surface area contributed by atoms with Crippen LogP contribution in [0.15, 0.2) is 12.2 Å². The Labute approximate surface area is 331 Å². The van der Waals surface area contributed by atoms with Gasteiger partial charge in [-0.25, -0.2) is 0 Å². The van der Waals surface area contributed by atoms with Crippen molar-refractivity contribution in [3.05, 3.63) is 12.2 Å². The van der Waals surface area contributed by atoms with E-state index in [1.54, 1.807) is 6.92 Å². The summed E-state index contributed by atoms with van der Waals surface area (Å²) < 4.78 is 24.8. The molecule has 2 aliphatic heterocycles. The Kier molecular flexibility index (Phi) is 12.7. The second-order valence-electron chi connectivity index (χ2n) is 20.2. The fourth-order valence-electron chi connectivity index (χ4n) is 13.4. The first-order valence-corrected chi connectivity index (χ1v) is 21.0. The molecule has 2 saturated heterocycles. The van der Waals surface area contributed by atoms with E-state index >= 15 is 0 Å². The molecule has 0 bridgehead atoms. The SMILES string of the molecule is C=C(C)[C@H](O)CC[C@](C)(O[C@@H]1O[C@H](CO)[C@@H](O)[C@H](O)[C@H]1O)[C@H]1CC[C@]2(C)[C@@H]1[C@H](O)C[C@@H]1[C@@]3(C)CC[C@H](O[C@@H]4O[C@H](CO)[C@@H](O)[C@H](O)[C@H]4O)C(C)(C)[C@@H]3CC[C@]12C. The molecule has 0 unspecified atom stereocenters. The Hall–Kier alpha value is -0.820. The van der Waals surface area contributed by atoms with Gasteiger partial charge in [-0.1, -0.05) is 46.8 Å². The van der Waals surface area contributed by atoms with Crippen LogP contribution in [0.25, 0.3) is 0 Å². The summed E-state index contributed by atoms with van der Waals surface area (Å²) in [7, 11) is 0. The monoisotopic (exact) mass is 800 g/mol. The largest absolute Gasteiger partial charge is 0.394 e. The molecule has 324 valence electrons. The van der Waals surface area contributed by atoms with Crippen LogP contribution >= 0.6 is 0 Å². The molecule has 4 aliphatic carbocycles. The van der Waals surface area contributed by atoms with Crippen molar-refractivity contribution in [1.29, 1.82) is 0 Å². The van der Waals surface area contributed by atoms with E-state index in [2.05, 4.69) is 41.2 Å². The van der Waals surface area contributed by atoms with Gasteiger partial charge in [-0.3, -0.25) is 0 Å². The normalized spacial score (nSPS) is 51.9. The van der Waals surface area contributed by atoms with Gasteiger partial charge in [0.15, 0.2) is 12.6 Å². The van der Waals surface area contributed by atoms with Crippen LogP contribution in [0.5, 0.6) is 0 Å². The summed E-state index contributed by atoms with van der Waals surface area (Å²) in [6, 6.07) is 0. The molecule has 14 heteroatoms. The van der Waals surface area contributed by atoms with Gasteiger partial charge in [-0.15, -0.1) is 0 Å². The number of rotatable bonds is 11. The Balaban J connectivity index is 1.27. The fourth-order valence-corrected chi connectivity index (χ4v) is 13.4. The molecular formula is C42H72O14. The van der Waals surface area contributed by atoms with Crippen LogP contribution in [-0.2, 0) is 18.9 Å². The summed E-state index contributed by atoms with van der Waals surface area (Å²) in [6.45, 7) is 17.9. The Morgan fingerprint density at radius 1 is 0.750 bits per heavy atom. The third-order valence-electron chi connectivity index (χ3n) is 17.0. The van der Waals surface area contributed by atoms with E-state index in [0.717, 1.165) is 25.7 Å². The number of fused-ring (bicyclic) bond motifs is 5. The summed E-state index contributed by atoms with van der Waals surface area (Å²) >= 11 is 0. The van der Waals surface area contributed by atoms with Crippen molar-refractivity contribution in [2.75, 3.05) is 13.2 Å². The highest BCUT2D eigenvalue weighted by molar-refractivity contribution is 5.20. The van der Waals surface area contributed by atoms with Gasteiger partial charge in [-0.2, -0.15) is 0 Å². The van der Waals surface area contributed by atoms with Crippen molar-refractivity contribution in [1.82, 2.24) is 0 Å². The second-order valence-corrected chi connectivity index (χ2v) is 20.2.